The number of nitrogens with one attached hydrogen (secondary N) is 1. The first kappa shape index (κ1) is 18.5. The monoisotopic (exact) mass is 355 g/mol. The molecule has 1 saturated carbocycles. The third-order valence-corrected chi connectivity index (χ3v) is 6.83. The summed E-state index contributed by atoms with van der Waals surface area (Å²) < 4.78 is 4.94. The first-order valence-electron chi connectivity index (χ1n) is 8.02. The average molecular weight is 356 g/mol. The number of carbonyl (C=O) groups is 1. The number of hydrogen-bond acceptors (Lipinski definition) is 5. The second kappa shape index (κ2) is 10.1. The number of benzene rings is 1. The van der Waals surface area contributed by atoms with Gasteiger partial charge in [0, 0.05) is 29.0 Å². The van der Waals surface area contributed by atoms with Crippen LogP contribution in [0.4, 0.5) is 0 Å². The van der Waals surface area contributed by atoms with Crippen molar-refractivity contribution in [3.8, 4) is 5.75 Å². The molecule has 0 aliphatic heterocycles. The second-order valence-electron chi connectivity index (χ2n) is 5.63. The van der Waals surface area contributed by atoms with Gasteiger partial charge in [0.05, 0.1) is 12.4 Å². The second-order valence-corrected chi connectivity index (χ2v) is 8.17. The van der Waals surface area contributed by atoms with E-state index in [9.17, 15) is 9.90 Å². The van der Waals surface area contributed by atoms with Crippen LogP contribution in [0.3, 0.4) is 0 Å². The van der Waals surface area contributed by atoms with Gasteiger partial charge in [0.15, 0.2) is 0 Å². The Labute approximate surface area is 146 Å². The van der Waals surface area contributed by atoms with Crippen LogP contribution in [-0.2, 0) is 9.53 Å². The molecule has 0 unspecified atom stereocenters. The van der Waals surface area contributed by atoms with E-state index in [1.54, 1.807) is 31.0 Å². The number of amides is 1. The topological polar surface area (TPSA) is 58.6 Å². The van der Waals surface area contributed by atoms with Crippen LogP contribution in [0, 0.1) is 0 Å². The molecule has 2 N–H and O–H groups in total. The highest BCUT2D eigenvalue weighted by Crippen LogP contribution is 2.39. The maximum Gasteiger partial charge on any atom is 0.230 e. The Kier molecular flexibility index (Phi) is 8.12. The molecule has 6 heteroatoms. The molecule has 1 fully saturated rings. The maximum absolute atomic E-state index is 11.8. The van der Waals surface area contributed by atoms with Crippen molar-refractivity contribution in [1.29, 1.82) is 0 Å². The molecular weight excluding hydrogens is 330 g/mol. The molecule has 4 nitrogen and oxygen atoms in total. The van der Waals surface area contributed by atoms with Gasteiger partial charge in [0.1, 0.15) is 5.75 Å². The van der Waals surface area contributed by atoms with Crippen molar-refractivity contribution in [2.45, 2.75) is 41.1 Å². The summed E-state index contributed by atoms with van der Waals surface area (Å²) in [6.07, 6.45) is 4.86. The molecule has 23 heavy (non-hydrogen) atoms. The lowest BCUT2D eigenvalue weighted by Crippen LogP contribution is -2.31. The number of phenolic OH excluding ortho intramolecular Hbond substituents is 1. The average Bonchev–Trinajstić information content (AvgIpc) is 2.56. The summed E-state index contributed by atoms with van der Waals surface area (Å²) in [6.45, 7) is 1.13. The van der Waals surface area contributed by atoms with Crippen molar-refractivity contribution < 1.29 is 14.6 Å². The minimum absolute atomic E-state index is 0.0889. The number of thioether (sulfide) groups is 2. The zero-order chi connectivity index (χ0) is 16.5. The number of ether oxygens (including phenoxy) is 1. The van der Waals surface area contributed by atoms with Gasteiger partial charge in [-0.05, 0) is 37.1 Å². The number of aromatic hydroxyl groups is 1. The highest BCUT2D eigenvalue weighted by atomic mass is 32.2. The van der Waals surface area contributed by atoms with Crippen molar-refractivity contribution in [2.75, 3.05) is 26.0 Å². The van der Waals surface area contributed by atoms with Crippen molar-refractivity contribution in [3.63, 3.8) is 0 Å². The highest BCUT2D eigenvalue weighted by Gasteiger charge is 2.27. The number of carbonyl (C=O) groups excluding carboxylic acids is 1. The van der Waals surface area contributed by atoms with Crippen molar-refractivity contribution in [3.05, 3.63) is 24.3 Å². The summed E-state index contributed by atoms with van der Waals surface area (Å²) in [5.41, 5.74) is 0. The molecule has 0 aromatic heterocycles. The fourth-order valence-electron chi connectivity index (χ4n) is 2.61. The van der Waals surface area contributed by atoms with Crippen LogP contribution in [0.1, 0.15) is 25.7 Å². The minimum atomic E-state index is 0.0889. The molecular formula is C17H25NO3S2. The van der Waals surface area contributed by atoms with Gasteiger partial charge in [-0.3, -0.25) is 4.79 Å². The molecule has 1 aromatic rings. The fraction of sp³-hybridized carbons (Fsp3) is 0.588. The van der Waals surface area contributed by atoms with Crippen LogP contribution in [-0.4, -0.2) is 47.5 Å². The molecule has 1 aliphatic rings. The van der Waals surface area contributed by atoms with Crippen LogP contribution in [0.25, 0.3) is 0 Å². The van der Waals surface area contributed by atoms with E-state index < -0.39 is 0 Å². The van der Waals surface area contributed by atoms with Gasteiger partial charge >= 0.3 is 0 Å². The van der Waals surface area contributed by atoms with E-state index in [4.69, 9.17) is 4.74 Å². The van der Waals surface area contributed by atoms with Crippen LogP contribution >= 0.6 is 23.5 Å². The summed E-state index contributed by atoms with van der Waals surface area (Å²) in [5.74, 6) is 0.906. The Morgan fingerprint density at radius 1 is 1.26 bits per heavy atom. The molecule has 0 radical (unpaired) electrons. The number of phenols is 1. The van der Waals surface area contributed by atoms with Crippen LogP contribution < -0.4 is 5.32 Å². The predicted octanol–water partition coefficient (Wildman–Crippen LogP) is 3.29. The Bertz CT molecular complexity index is 481. The fourth-order valence-corrected chi connectivity index (χ4v) is 5.38. The van der Waals surface area contributed by atoms with E-state index in [1.807, 2.05) is 23.9 Å². The standard InChI is InChI=1S/C17H25NO3S2/c1-21-11-10-18-17(20)12-22-15-4-2-3-5-16(15)23-14-8-6-13(19)7-9-14/h6-9,15-16,19H,2-5,10-12H2,1H3,(H,18,20)/t15-,16-/m1/s1. The normalized spacial score (nSPS) is 21.1. The van der Waals surface area contributed by atoms with Crippen LogP contribution in [0.15, 0.2) is 29.2 Å². The SMILES string of the molecule is COCCNC(=O)CS[C@@H]1CCCC[C@H]1Sc1ccc(O)cc1. The summed E-state index contributed by atoms with van der Waals surface area (Å²) in [4.78, 5) is 13.0. The van der Waals surface area contributed by atoms with E-state index in [0.717, 1.165) is 0 Å². The Morgan fingerprint density at radius 2 is 1.96 bits per heavy atom. The number of rotatable bonds is 8. The van der Waals surface area contributed by atoms with Gasteiger partial charge in [-0.2, -0.15) is 0 Å². The molecule has 0 saturated heterocycles. The molecule has 2 atom stereocenters. The van der Waals surface area contributed by atoms with Crippen LogP contribution in [0.2, 0.25) is 0 Å². The summed E-state index contributed by atoms with van der Waals surface area (Å²) in [5, 5.41) is 13.3. The lowest BCUT2D eigenvalue weighted by Gasteiger charge is -2.30. The van der Waals surface area contributed by atoms with Crippen molar-refractivity contribution in [1.82, 2.24) is 5.32 Å². The minimum Gasteiger partial charge on any atom is -0.508 e. The number of methoxy groups -OCH3 is 1. The van der Waals surface area contributed by atoms with Gasteiger partial charge in [-0.25, -0.2) is 0 Å². The highest BCUT2D eigenvalue weighted by molar-refractivity contribution is 8.04. The number of hydrogen-bond donors (Lipinski definition) is 2. The smallest absolute Gasteiger partial charge is 0.230 e. The lowest BCUT2D eigenvalue weighted by molar-refractivity contribution is -0.118. The summed E-state index contributed by atoms with van der Waals surface area (Å²) >= 11 is 3.64. The van der Waals surface area contributed by atoms with Gasteiger partial charge in [-0.1, -0.05) is 12.8 Å². The van der Waals surface area contributed by atoms with E-state index >= 15 is 0 Å². The first-order chi connectivity index (χ1) is 11.2. The summed E-state index contributed by atoms with van der Waals surface area (Å²) in [7, 11) is 1.63. The van der Waals surface area contributed by atoms with Gasteiger partial charge < -0.3 is 15.2 Å². The molecule has 0 heterocycles. The van der Waals surface area contributed by atoms with Gasteiger partial charge in [0.25, 0.3) is 0 Å². The van der Waals surface area contributed by atoms with Gasteiger partial charge in [0.2, 0.25) is 5.91 Å². The molecule has 2 rings (SSSR count). The molecule has 0 bridgehead atoms. The molecule has 1 amide bonds. The van der Waals surface area contributed by atoms with E-state index in [1.165, 1.54) is 30.6 Å². The van der Waals surface area contributed by atoms with E-state index in [0.29, 0.717) is 35.2 Å². The molecule has 1 aromatic carbocycles. The quantitative estimate of drug-likeness (QED) is 0.701. The Hall–Kier alpha value is -0.850. The zero-order valence-electron chi connectivity index (χ0n) is 13.5. The largest absolute Gasteiger partial charge is 0.508 e. The lowest BCUT2D eigenvalue weighted by atomic mass is 10.00. The third-order valence-electron chi connectivity index (χ3n) is 3.82. The first-order valence-corrected chi connectivity index (χ1v) is 9.95. The summed E-state index contributed by atoms with van der Waals surface area (Å²) in [6, 6.07) is 7.40. The van der Waals surface area contributed by atoms with Crippen LogP contribution in [0.5, 0.6) is 5.75 Å². The predicted molar refractivity (Wildman–Crippen MR) is 97.4 cm³/mol. The zero-order valence-corrected chi connectivity index (χ0v) is 15.1. The molecule has 128 valence electrons. The Morgan fingerprint density at radius 3 is 2.65 bits per heavy atom. The molecule has 1 aliphatic carbocycles. The third kappa shape index (κ3) is 6.65. The van der Waals surface area contributed by atoms with Crippen molar-refractivity contribution in [2.24, 2.45) is 0 Å². The Balaban J connectivity index is 1.81. The molecule has 0 spiro atoms. The van der Waals surface area contributed by atoms with Gasteiger partial charge in [-0.15, -0.1) is 23.5 Å². The maximum atomic E-state index is 11.8. The van der Waals surface area contributed by atoms with Crippen molar-refractivity contribution >= 4 is 29.4 Å². The van der Waals surface area contributed by atoms with E-state index in [2.05, 4.69) is 5.32 Å². The van der Waals surface area contributed by atoms with E-state index in [-0.39, 0.29) is 5.91 Å².